The maximum absolute atomic E-state index is 13.8. The van der Waals surface area contributed by atoms with Gasteiger partial charge in [-0.05, 0) is 25.1 Å². The van der Waals surface area contributed by atoms with E-state index in [0.717, 1.165) is 6.07 Å². The Hall–Kier alpha value is -2.95. The molecule has 0 radical (unpaired) electrons. The van der Waals surface area contributed by atoms with E-state index in [4.69, 9.17) is 10.00 Å². The van der Waals surface area contributed by atoms with Crippen LogP contribution in [0.1, 0.15) is 12.5 Å². The summed E-state index contributed by atoms with van der Waals surface area (Å²) in [5.41, 5.74) is 0.393. The Bertz CT molecular complexity index is 685. The Kier molecular flexibility index (Phi) is 4.46. The minimum absolute atomic E-state index is 0.109. The van der Waals surface area contributed by atoms with Gasteiger partial charge in [-0.15, -0.1) is 0 Å². The fraction of sp³-hybridized carbons (Fsp3) is 0.231. The molecule has 108 valence electrons. The van der Waals surface area contributed by atoms with Gasteiger partial charge in [-0.1, -0.05) is 0 Å². The van der Waals surface area contributed by atoms with Crippen LogP contribution in [0.5, 0.6) is 6.01 Å². The Labute approximate surface area is 120 Å². The summed E-state index contributed by atoms with van der Waals surface area (Å²) in [4.78, 5) is 12.1. The van der Waals surface area contributed by atoms with Gasteiger partial charge in [-0.25, -0.2) is 4.39 Å². The van der Waals surface area contributed by atoms with Crippen LogP contribution in [0.3, 0.4) is 0 Å². The summed E-state index contributed by atoms with van der Waals surface area (Å²) in [6.45, 7) is 2.52. The molecule has 0 bridgehead atoms. The molecule has 1 heterocycles. The van der Waals surface area contributed by atoms with Crippen molar-refractivity contribution in [2.45, 2.75) is 6.92 Å². The molecule has 0 aliphatic heterocycles. The fourth-order valence-corrected chi connectivity index (χ4v) is 1.55. The van der Waals surface area contributed by atoms with Crippen LogP contribution < -0.4 is 15.4 Å². The highest BCUT2D eigenvalue weighted by atomic mass is 19.1. The van der Waals surface area contributed by atoms with Crippen LogP contribution in [-0.4, -0.2) is 28.6 Å². The molecule has 0 fully saturated rings. The molecule has 21 heavy (non-hydrogen) atoms. The first-order chi connectivity index (χ1) is 10.2. The Morgan fingerprint density at radius 3 is 2.67 bits per heavy atom. The summed E-state index contributed by atoms with van der Waals surface area (Å²) in [5.74, 6) is -0.110. The number of anilines is 3. The zero-order valence-electron chi connectivity index (χ0n) is 11.5. The van der Waals surface area contributed by atoms with Crippen LogP contribution >= 0.6 is 0 Å². The van der Waals surface area contributed by atoms with E-state index in [2.05, 4.69) is 25.6 Å². The lowest BCUT2D eigenvalue weighted by Gasteiger charge is -2.09. The highest BCUT2D eigenvalue weighted by Gasteiger charge is 2.09. The number of rotatable bonds is 5. The van der Waals surface area contributed by atoms with Crippen LogP contribution in [-0.2, 0) is 0 Å². The quantitative estimate of drug-likeness (QED) is 0.869. The number of ether oxygens (including phenoxy) is 1. The molecule has 1 aromatic carbocycles. The minimum Gasteiger partial charge on any atom is -0.467 e. The molecule has 0 aliphatic rings. The molecule has 0 atom stereocenters. The second-order valence-corrected chi connectivity index (χ2v) is 3.93. The first kappa shape index (κ1) is 14.5. The maximum Gasteiger partial charge on any atom is 0.322 e. The van der Waals surface area contributed by atoms with E-state index in [9.17, 15) is 4.39 Å². The zero-order chi connectivity index (χ0) is 15.2. The SMILES string of the molecule is CCNc1nc(Nc2ccc(C#N)cc2F)nc(OC)n1. The third-order valence-corrected chi connectivity index (χ3v) is 2.48. The number of methoxy groups -OCH3 is 1. The van der Waals surface area contributed by atoms with Crippen LogP contribution in [0.4, 0.5) is 22.0 Å². The maximum atomic E-state index is 13.8. The van der Waals surface area contributed by atoms with Crippen LogP contribution in [0.15, 0.2) is 18.2 Å². The predicted octanol–water partition coefficient (Wildman–Crippen LogP) is 2.07. The van der Waals surface area contributed by atoms with Gasteiger partial charge >= 0.3 is 6.01 Å². The van der Waals surface area contributed by atoms with Crippen molar-refractivity contribution >= 4 is 17.6 Å². The smallest absolute Gasteiger partial charge is 0.322 e. The number of nitrogens with one attached hydrogen (secondary N) is 2. The fourth-order valence-electron chi connectivity index (χ4n) is 1.55. The highest BCUT2D eigenvalue weighted by Crippen LogP contribution is 2.20. The van der Waals surface area contributed by atoms with Crippen molar-refractivity contribution in [3.63, 3.8) is 0 Å². The number of hydrogen-bond donors (Lipinski definition) is 2. The van der Waals surface area contributed by atoms with Gasteiger partial charge in [0.1, 0.15) is 5.82 Å². The number of halogens is 1. The normalized spacial score (nSPS) is 9.81. The number of benzene rings is 1. The van der Waals surface area contributed by atoms with E-state index in [1.165, 1.54) is 19.2 Å². The molecule has 8 heteroatoms. The van der Waals surface area contributed by atoms with E-state index in [1.807, 2.05) is 13.0 Å². The van der Waals surface area contributed by atoms with Crippen LogP contribution in [0, 0.1) is 17.1 Å². The number of aromatic nitrogens is 3. The first-order valence-electron chi connectivity index (χ1n) is 6.17. The number of nitrogens with zero attached hydrogens (tertiary/aromatic N) is 4. The van der Waals surface area contributed by atoms with Crippen molar-refractivity contribution in [2.24, 2.45) is 0 Å². The van der Waals surface area contributed by atoms with Crippen LogP contribution in [0.25, 0.3) is 0 Å². The molecule has 0 saturated heterocycles. The van der Waals surface area contributed by atoms with E-state index in [-0.39, 0.29) is 23.2 Å². The van der Waals surface area contributed by atoms with Gasteiger partial charge in [-0.2, -0.15) is 20.2 Å². The summed E-state index contributed by atoms with van der Waals surface area (Å²) in [6.07, 6.45) is 0. The van der Waals surface area contributed by atoms with Crippen molar-refractivity contribution < 1.29 is 9.13 Å². The lowest BCUT2D eigenvalue weighted by Crippen LogP contribution is -2.08. The molecule has 7 nitrogen and oxygen atoms in total. The lowest BCUT2D eigenvalue weighted by molar-refractivity contribution is 0.379. The largest absolute Gasteiger partial charge is 0.467 e. The van der Waals surface area contributed by atoms with Crippen molar-refractivity contribution in [1.29, 1.82) is 5.26 Å². The van der Waals surface area contributed by atoms with Crippen LogP contribution in [0.2, 0.25) is 0 Å². The predicted molar refractivity (Wildman–Crippen MR) is 74.9 cm³/mol. The second-order valence-electron chi connectivity index (χ2n) is 3.93. The van der Waals surface area contributed by atoms with Gasteiger partial charge in [0, 0.05) is 6.54 Å². The van der Waals surface area contributed by atoms with Gasteiger partial charge in [0.05, 0.1) is 24.4 Å². The number of nitriles is 1. The molecule has 2 aromatic rings. The molecule has 0 aliphatic carbocycles. The van der Waals surface area contributed by atoms with E-state index in [0.29, 0.717) is 12.5 Å². The molecular formula is C13H13FN6O. The monoisotopic (exact) mass is 288 g/mol. The third kappa shape index (κ3) is 3.54. The van der Waals surface area contributed by atoms with E-state index >= 15 is 0 Å². The van der Waals surface area contributed by atoms with Crippen molar-refractivity contribution in [1.82, 2.24) is 15.0 Å². The standard InChI is InChI=1S/C13H13FN6O/c1-3-16-11-18-12(20-13(19-11)21-2)17-10-5-4-8(7-15)6-9(10)14/h4-6H,3H2,1-2H3,(H2,16,17,18,19,20). The zero-order valence-corrected chi connectivity index (χ0v) is 11.5. The van der Waals surface area contributed by atoms with Gasteiger partial charge in [-0.3, -0.25) is 0 Å². The molecule has 2 rings (SSSR count). The first-order valence-corrected chi connectivity index (χ1v) is 6.17. The second kappa shape index (κ2) is 6.47. The van der Waals surface area contributed by atoms with Crippen molar-refractivity contribution in [2.75, 3.05) is 24.3 Å². The summed E-state index contributed by atoms with van der Waals surface area (Å²) in [5, 5.41) is 14.4. The average Bonchev–Trinajstić information content (AvgIpc) is 2.49. The van der Waals surface area contributed by atoms with Gasteiger partial charge in [0.2, 0.25) is 11.9 Å². The molecule has 0 amide bonds. The molecule has 0 unspecified atom stereocenters. The van der Waals surface area contributed by atoms with Gasteiger partial charge in [0.15, 0.2) is 0 Å². The summed E-state index contributed by atoms with van der Waals surface area (Å²) < 4.78 is 18.8. The third-order valence-electron chi connectivity index (χ3n) is 2.48. The van der Waals surface area contributed by atoms with Gasteiger partial charge < -0.3 is 15.4 Å². The molecule has 2 N–H and O–H groups in total. The van der Waals surface area contributed by atoms with Crippen molar-refractivity contribution in [3.05, 3.63) is 29.6 Å². The Morgan fingerprint density at radius 2 is 2.05 bits per heavy atom. The number of hydrogen-bond acceptors (Lipinski definition) is 7. The molecule has 1 aromatic heterocycles. The van der Waals surface area contributed by atoms with Crippen molar-refractivity contribution in [3.8, 4) is 12.1 Å². The highest BCUT2D eigenvalue weighted by molar-refractivity contribution is 5.56. The molecule has 0 saturated carbocycles. The molecular weight excluding hydrogens is 275 g/mol. The average molecular weight is 288 g/mol. The summed E-state index contributed by atoms with van der Waals surface area (Å²) in [6, 6.07) is 6.04. The Balaban J connectivity index is 2.30. The minimum atomic E-state index is -0.571. The lowest BCUT2D eigenvalue weighted by atomic mass is 10.2. The van der Waals surface area contributed by atoms with Gasteiger partial charge in [0.25, 0.3) is 0 Å². The molecule has 0 spiro atoms. The Morgan fingerprint density at radius 1 is 1.29 bits per heavy atom. The summed E-state index contributed by atoms with van der Waals surface area (Å²) in [7, 11) is 1.43. The summed E-state index contributed by atoms with van der Waals surface area (Å²) >= 11 is 0. The van der Waals surface area contributed by atoms with E-state index in [1.54, 1.807) is 0 Å². The topological polar surface area (TPSA) is 95.8 Å². The van der Waals surface area contributed by atoms with E-state index < -0.39 is 5.82 Å².